The molecular weight excluding hydrogens is 699 g/mol. The summed E-state index contributed by atoms with van der Waals surface area (Å²) in [5.41, 5.74) is 15.1. The molecule has 0 saturated heterocycles. The largest absolute Gasteiger partial charge is 0.359 e. The van der Waals surface area contributed by atoms with Gasteiger partial charge in [0, 0.05) is 48.6 Å². The highest BCUT2D eigenvalue weighted by Gasteiger charge is 2.33. The van der Waals surface area contributed by atoms with Crippen molar-refractivity contribution < 1.29 is 0 Å². The lowest BCUT2D eigenvalue weighted by Crippen LogP contribution is -2.33. The molecule has 1 aromatic heterocycles. The molecule has 0 bridgehead atoms. The normalized spacial score (nSPS) is 14.6. The Hall–Kier alpha value is -7.01. The standard InChI is InChI=1S/C52H35N3S/c1-4-16-34(17-5-1)35-28-30-36(31-29-35)43-32-44-40-23-11-10-22-39(40)41-24-12-14-26-46(41)55(50(44)49-42-25-13-15-27-47(42)56-51(43)49)48-33-45(37-18-6-2-7-19-37)53-52(54-48)38-20-8-3-9-21-38/h1-33,52-53H. The minimum atomic E-state index is -0.287. The molecule has 8 aromatic carbocycles. The van der Waals surface area contributed by atoms with E-state index in [0.717, 1.165) is 34.0 Å². The van der Waals surface area contributed by atoms with E-state index in [-0.39, 0.29) is 6.17 Å². The summed E-state index contributed by atoms with van der Waals surface area (Å²) >= 11 is 1.88. The average Bonchev–Trinajstić information content (AvgIpc) is 3.62. The fourth-order valence-electron chi connectivity index (χ4n) is 8.44. The Morgan fingerprint density at radius 1 is 0.482 bits per heavy atom. The predicted molar refractivity (Wildman–Crippen MR) is 237 cm³/mol. The number of aliphatic imine (C=N–C) groups is 1. The topological polar surface area (TPSA) is 27.6 Å². The summed E-state index contributed by atoms with van der Waals surface area (Å²) in [5, 5.41) is 6.28. The van der Waals surface area contributed by atoms with Gasteiger partial charge in [-0.3, -0.25) is 4.90 Å². The Kier molecular flexibility index (Phi) is 7.75. The average molecular weight is 734 g/mol. The van der Waals surface area contributed by atoms with Crippen molar-refractivity contribution >= 4 is 54.4 Å². The third-order valence-corrected chi connectivity index (χ3v) is 12.3. The first-order chi connectivity index (χ1) is 27.8. The summed E-state index contributed by atoms with van der Waals surface area (Å²) in [4.78, 5) is 8.06. The number of hydrogen-bond acceptors (Lipinski definition) is 4. The molecule has 264 valence electrons. The third-order valence-electron chi connectivity index (χ3n) is 11.1. The van der Waals surface area contributed by atoms with Crippen LogP contribution in [0.4, 0.5) is 11.4 Å². The maximum Gasteiger partial charge on any atom is 0.147 e. The quantitative estimate of drug-likeness (QED) is 0.195. The molecule has 0 spiro atoms. The van der Waals surface area contributed by atoms with Crippen LogP contribution in [0.15, 0.2) is 205 Å². The second-order valence-electron chi connectivity index (χ2n) is 14.3. The van der Waals surface area contributed by atoms with Gasteiger partial charge in [-0.1, -0.05) is 176 Å². The molecule has 1 unspecified atom stereocenters. The van der Waals surface area contributed by atoms with Gasteiger partial charge in [0.2, 0.25) is 0 Å². The van der Waals surface area contributed by atoms with Gasteiger partial charge in [-0.25, -0.2) is 4.99 Å². The molecule has 3 heterocycles. The second-order valence-corrected chi connectivity index (χ2v) is 15.4. The Balaban J connectivity index is 1.24. The zero-order chi connectivity index (χ0) is 37.0. The van der Waals surface area contributed by atoms with E-state index in [1.165, 1.54) is 64.7 Å². The van der Waals surface area contributed by atoms with E-state index in [1.807, 2.05) is 11.3 Å². The van der Waals surface area contributed by atoms with Crippen LogP contribution in [0.2, 0.25) is 0 Å². The number of para-hydroxylation sites is 1. The molecule has 3 nitrogen and oxygen atoms in total. The molecular formula is C52H35N3S. The van der Waals surface area contributed by atoms with Crippen LogP contribution in [0.3, 0.4) is 0 Å². The van der Waals surface area contributed by atoms with E-state index >= 15 is 0 Å². The van der Waals surface area contributed by atoms with Gasteiger partial charge in [-0.2, -0.15) is 0 Å². The van der Waals surface area contributed by atoms with E-state index in [4.69, 9.17) is 4.99 Å². The van der Waals surface area contributed by atoms with E-state index in [9.17, 15) is 0 Å². The zero-order valence-corrected chi connectivity index (χ0v) is 31.2. The number of thiophene rings is 1. The van der Waals surface area contributed by atoms with E-state index in [0.29, 0.717) is 0 Å². The number of amidine groups is 1. The second kappa shape index (κ2) is 13.4. The molecule has 2 aliphatic rings. The van der Waals surface area contributed by atoms with Crippen LogP contribution in [0.25, 0.3) is 70.4 Å². The monoisotopic (exact) mass is 733 g/mol. The first-order valence-electron chi connectivity index (χ1n) is 19.1. The molecule has 0 fully saturated rings. The first-order valence-corrected chi connectivity index (χ1v) is 19.9. The highest BCUT2D eigenvalue weighted by atomic mass is 32.1. The Bertz CT molecular complexity index is 2980. The number of anilines is 2. The van der Waals surface area contributed by atoms with Gasteiger partial charge in [0.1, 0.15) is 12.0 Å². The molecule has 0 saturated carbocycles. The van der Waals surface area contributed by atoms with E-state index in [2.05, 4.69) is 210 Å². The van der Waals surface area contributed by atoms with Crippen molar-refractivity contribution in [3.63, 3.8) is 0 Å². The zero-order valence-electron chi connectivity index (χ0n) is 30.4. The summed E-state index contributed by atoms with van der Waals surface area (Å²) in [6.45, 7) is 0. The fraction of sp³-hybridized carbons (Fsp3) is 0.0192. The lowest BCUT2D eigenvalue weighted by atomic mass is 9.90. The van der Waals surface area contributed by atoms with Crippen LogP contribution in [0.5, 0.6) is 0 Å². The maximum absolute atomic E-state index is 5.60. The molecule has 2 aliphatic heterocycles. The lowest BCUT2D eigenvalue weighted by Gasteiger charge is -2.33. The van der Waals surface area contributed by atoms with Gasteiger partial charge in [0.25, 0.3) is 0 Å². The summed E-state index contributed by atoms with van der Waals surface area (Å²) in [6.07, 6.45) is 1.95. The molecule has 1 N–H and O–H groups in total. The van der Waals surface area contributed by atoms with Crippen LogP contribution in [0.1, 0.15) is 17.3 Å². The van der Waals surface area contributed by atoms with E-state index < -0.39 is 0 Å². The minimum absolute atomic E-state index is 0.287. The third kappa shape index (κ3) is 5.37. The smallest absolute Gasteiger partial charge is 0.147 e. The summed E-state index contributed by atoms with van der Waals surface area (Å²) in [5.74, 6) is 0.884. The van der Waals surface area contributed by atoms with Crippen molar-refractivity contribution in [1.82, 2.24) is 5.32 Å². The van der Waals surface area contributed by atoms with Crippen molar-refractivity contribution in [2.75, 3.05) is 4.90 Å². The van der Waals surface area contributed by atoms with Crippen LogP contribution in [0, 0.1) is 0 Å². The molecule has 4 heteroatoms. The van der Waals surface area contributed by atoms with Crippen LogP contribution in [-0.2, 0) is 0 Å². The summed E-state index contributed by atoms with van der Waals surface area (Å²) < 4.78 is 2.53. The van der Waals surface area contributed by atoms with Gasteiger partial charge < -0.3 is 5.32 Å². The highest BCUT2D eigenvalue weighted by Crippen LogP contribution is 2.55. The number of nitrogens with one attached hydrogen (secondary N) is 1. The van der Waals surface area contributed by atoms with Gasteiger partial charge in [-0.15, -0.1) is 11.3 Å². The molecule has 0 aliphatic carbocycles. The van der Waals surface area contributed by atoms with Crippen molar-refractivity contribution in [3.05, 3.63) is 211 Å². The molecule has 9 aromatic rings. The van der Waals surface area contributed by atoms with E-state index in [1.54, 1.807) is 0 Å². The Labute approximate surface area is 330 Å². The molecule has 0 amide bonds. The van der Waals surface area contributed by atoms with Crippen LogP contribution in [-0.4, -0.2) is 5.84 Å². The van der Waals surface area contributed by atoms with Crippen LogP contribution >= 0.6 is 11.3 Å². The van der Waals surface area contributed by atoms with Crippen molar-refractivity contribution in [1.29, 1.82) is 0 Å². The SMILES string of the molecule is C1=C(c2ccccc2)NC(c2ccccc2)N=C1N1c2ccccc2-c2ccccc2-c2cc(-c3ccc(-c4ccccc4)cc3)c3sc4ccccc4c3c21. The number of rotatable bonds is 4. The Morgan fingerprint density at radius 2 is 1.05 bits per heavy atom. The molecule has 56 heavy (non-hydrogen) atoms. The van der Waals surface area contributed by atoms with Crippen LogP contribution < -0.4 is 10.2 Å². The predicted octanol–water partition coefficient (Wildman–Crippen LogP) is 13.9. The molecule has 0 radical (unpaired) electrons. The number of nitrogens with zero attached hydrogens (tertiary/aromatic N) is 2. The molecule has 1 atom stereocenters. The van der Waals surface area contributed by atoms with Crippen molar-refractivity contribution in [3.8, 4) is 44.5 Å². The number of fused-ring (bicyclic) bond motifs is 9. The van der Waals surface area contributed by atoms with Gasteiger partial charge in [-0.05, 0) is 57.1 Å². The highest BCUT2D eigenvalue weighted by molar-refractivity contribution is 7.26. The number of hydrogen-bond donors (Lipinski definition) is 1. The summed E-state index contributed by atoms with van der Waals surface area (Å²) in [7, 11) is 0. The maximum atomic E-state index is 5.60. The fourth-order valence-corrected chi connectivity index (χ4v) is 9.68. The van der Waals surface area contributed by atoms with Gasteiger partial charge in [0.05, 0.1) is 11.4 Å². The first kappa shape index (κ1) is 32.4. The van der Waals surface area contributed by atoms with Gasteiger partial charge in [0.15, 0.2) is 0 Å². The van der Waals surface area contributed by atoms with Gasteiger partial charge >= 0.3 is 0 Å². The van der Waals surface area contributed by atoms with Crippen molar-refractivity contribution in [2.45, 2.75) is 6.17 Å². The minimum Gasteiger partial charge on any atom is -0.359 e. The van der Waals surface area contributed by atoms with Crippen molar-refractivity contribution in [2.24, 2.45) is 4.99 Å². The summed E-state index contributed by atoms with van der Waals surface area (Å²) in [6, 6.07) is 70.0. The molecule has 11 rings (SSSR count). The lowest BCUT2D eigenvalue weighted by molar-refractivity contribution is 0.662. The number of benzene rings is 8. The Morgan fingerprint density at radius 3 is 1.80 bits per heavy atom.